The van der Waals surface area contributed by atoms with Gasteiger partial charge in [-0.05, 0) is 44.9 Å². The summed E-state index contributed by atoms with van der Waals surface area (Å²) in [5.41, 5.74) is 6.00. The second-order valence-electron chi connectivity index (χ2n) is 9.16. The number of benzene rings is 1. The number of hydrogen-bond donors (Lipinski definition) is 2. The highest BCUT2D eigenvalue weighted by atomic mass is 16.5. The summed E-state index contributed by atoms with van der Waals surface area (Å²) in [6.07, 6.45) is 3.13. The number of hydrazone groups is 1. The molecule has 188 valence electrons. The van der Waals surface area contributed by atoms with Crippen LogP contribution in [0.4, 0.5) is 0 Å². The quantitative estimate of drug-likeness (QED) is 0.390. The van der Waals surface area contributed by atoms with E-state index in [4.69, 9.17) is 9.15 Å². The summed E-state index contributed by atoms with van der Waals surface area (Å²) in [4.78, 5) is 32.3. The topological polar surface area (TPSA) is 109 Å². The lowest BCUT2D eigenvalue weighted by Gasteiger charge is -2.26. The molecule has 1 aliphatic heterocycles. The summed E-state index contributed by atoms with van der Waals surface area (Å²) in [7, 11) is 0. The van der Waals surface area contributed by atoms with Crippen LogP contribution in [-0.2, 0) is 11.2 Å². The highest BCUT2D eigenvalue weighted by Gasteiger charge is 2.28. The lowest BCUT2D eigenvalue weighted by atomic mass is 9.93. The number of hydrogen-bond acceptors (Lipinski definition) is 7. The number of aryl methyl sites for hydroxylation is 1. The predicted octanol–water partition coefficient (Wildman–Crippen LogP) is 3.06. The van der Waals surface area contributed by atoms with Crippen molar-refractivity contribution in [2.24, 2.45) is 5.10 Å². The van der Waals surface area contributed by atoms with Crippen molar-refractivity contribution in [2.75, 3.05) is 39.4 Å². The van der Waals surface area contributed by atoms with E-state index in [1.54, 1.807) is 6.07 Å². The average Bonchev–Trinajstić information content (AvgIpc) is 3.27. The molecule has 0 unspecified atom stereocenters. The van der Waals surface area contributed by atoms with Gasteiger partial charge in [0, 0.05) is 42.6 Å². The first-order chi connectivity index (χ1) is 17.6. The molecule has 5 rings (SSSR count). The Kier molecular flexibility index (Phi) is 7.39. The standard InChI is InChI=1S/C27H31N5O4/c1-18-24-21(30-31-26(33)22-11-10-19-6-2-3-7-20(19)29-22)8-4-9-23(24)36-25(18)27(34)28-12-5-13-32-14-16-35-17-15-32/h2-3,6-7,10-11H,4-5,8-9,12-17H2,1H3,(H,28,34)(H,31,33)/b30-21+. The van der Waals surface area contributed by atoms with Crippen LogP contribution in [0, 0.1) is 6.92 Å². The van der Waals surface area contributed by atoms with Gasteiger partial charge in [0.25, 0.3) is 11.8 Å². The molecule has 0 radical (unpaired) electrons. The number of fused-ring (bicyclic) bond motifs is 2. The zero-order valence-electron chi connectivity index (χ0n) is 20.5. The van der Waals surface area contributed by atoms with E-state index in [0.717, 1.165) is 85.6 Å². The van der Waals surface area contributed by atoms with Gasteiger partial charge in [0.2, 0.25) is 0 Å². The fraction of sp³-hybridized carbons (Fsp3) is 0.407. The van der Waals surface area contributed by atoms with Crippen LogP contribution < -0.4 is 10.7 Å². The molecule has 9 heteroatoms. The molecule has 3 heterocycles. The molecule has 2 amide bonds. The lowest BCUT2D eigenvalue weighted by molar-refractivity contribution is 0.0374. The molecule has 1 fully saturated rings. The summed E-state index contributed by atoms with van der Waals surface area (Å²) >= 11 is 0. The number of para-hydroxylation sites is 1. The number of pyridine rings is 1. The molecule has 0 spiro atoms. The zero-order valence-corrected chi connectivity index (χ0v) is 20.5. The minimum atomic E-state index is -0.375. The molecular formula is C27H31N5O4. The molecule has 36 heavy (non-hydrogen) atoms. The van der Waals surface area contributed by atoms with Crippen molar-refractivity contribution in [1.82, 2.24) is 20.6 Å². The van der Waals surface area contributed by atoms with E-state index in [0.29, 0.717) is 24.4 Å². The highest BCUT2D eigenvalue weighted by molar-refractivity contribution is 6.07. The third-order valence-electron chi connectivity index (χ3n) is 6.70. The number of amides is 2. The Labute approximate surface area is 209 Å². The van der Waals surface area contributed by atoms with Gasteiger partial charge >= 0.3 is 0 Å². The van der Waals surface area contributed by atoms with Crippen LogP contribution in [0.5, 0.6) is 0 Å². The van der Waals surface area contributed by atoms with Gasteiger partial charge < -0.3 is 14.5 Å². The first-order valence-corrected chi connectivity index (χ1v) is 12.5. The first kappa shape index (κ1) is 24.1. The Bertz CT molecular complexity index is 1290. The Balaban J connectivity index is 1.23. The van der Waals surface area contributed by atoms with E-state index in [1.165, 1.54) is 0 Å². The van der Waals surface area contributed by atoms with E-state index in [9.17, 15) is 9.59 Å². The Morgan fingerprint density at radius 2 is 1.92 bits per heavy atom. The SMILES string of the molecule is Cc1c(C(=O)NCCCN2CCOCC2)oc2c1/C(=N/NC(=O)c1ccc3ccccc3n1)CCC2. The van der Waals surface area contributed by atoms with Crippen LogP contribution in [0.2, 0.25) is 0 Å². The number of morpholine rings is 1. The van der Waals surface area contributed by atoms with Crippen LogP contribution in [0.1, 0.15) is 57.2 Å². The molecule has 9 nitrogen and oxygen atoms in total. The smallest absolute Gasteiger partial charge is 0.289 e. The minimum absolute atomic E-state index is 0.215. The van der Waals surface area contributed by atoms with E-state index < -0.39 is 0 Å². The molecule has 2 aliphatic rings. The Morgan fingerprint density at radius 1 is 1.08 bits per heavy atom. The van der Waals surface area contributed by atoms with Gasteiger partial charge in [-0.3, -0.25) is 14.5 Å². The van der Waals surface area contributed by atoms with Crippen LogP contribution >= 0.6 is 0 Å². The molecule has 2 aromatic heterocycles. The Morgan fingerprint density at radius 3 is 2.78 bits per heavy atom. The molecule has 0 bridgehead atoms. The number of nitrogens with one attached hydrogen (secondary N) is 2. The molecule has 0 saturated carbocycles. The van der Waals surface area contributed by atoms with Crippen molar-refractivity contribution in [2.45, 2.75) is 32.6 Å². The van der Waals surface area contributed by atoms with Gasteiger partial charge in [-0.1, -0.05) is 24.3 Å². The second-order valence-corrected chi connectivity index (χ2v) is 9.16. The van der Waals surface area contributed by atoms with Gasteiger partial charge in [-0.15, -0.1) is 0 Å². The van der Waals surface area contributed by atoms with Gasteiger partial charge in [0.05, 0.1) is 24.4 Å². The van der Waals surface area contributed by atoms with Crippen LogP contribution in [-0.4, -0.2) is 66.8 Å². The van der Waals surface area contributed by atoms with E-state index in [-0.39, 0.29) is 11.8 Å². The van der Waals surface area contributed by atoms with Crippen molar-refractivity contribution in [3.8, 4) is 0 Å². The summed E-state index contributed by atoms with van der Waals surface area (Å²) in [6.45, 7) is 6.80. The number of rotatable bonds is 7. The third-order valence-corrected chi connectivity index (χ3v) is 6.70. The number of ether oxygens (including phenoxy) is 1. The molecule has 1 saturated heterocycles. The highest BCUT2D eigenvalue weighted by Crippen LogP contribution is 2.30. The number of carbonyl (C=O) groups is 2. The van der Waals surface area contributed by atoms with Gasteiger partial charge in [0.1, 0.15) is 11.5 Å². The fourth-order valence-corrected chi connectivity index (χ4v) is 4.77. The summed E-state index contributed by atoms with van der Waals surface area (Å²) < 4.78 is 11.3. The third kappa shape index (κ3) is 5.32. The number of aromatic nitrogens is 1. The molecule has 1 aromatic carbocycles. The van der Waals surface area contributed by atoms with Crippen molar-refractivity contribution in [1.29, 1.82) is 0 Å². The minimum Gasteiger partial charge on any atom is -0.455 e. The lowest BCUT2D eigenvalue weighted by Crippen LogP contribution is -2.38. The zero-order chi connectivity index (χ0) is 24.9. The van der Waals surface area contributed by atoms with E-state index in [2.05, 4.69) is 25.7 Å². The largest absolute Gasteiger partial charge is 0.455 e. The maximum atomic E-state index is 12.8. The van der Waals surface area contributed by atoms with Crippen molar-refractivity contribution < 1.29 is 18.7 Å². The fourth-order valence-electron chi connectivity index (χ4n) is 4.77. The maximum absolute atomic E-state index is 12.8. The van der Waals surface area contributed by atoms with Crippen molar-refractivity contribution in [3.05, 3.63) is 64.7 Å². The average molecular weight is 490 g/mol. The summed E-state index contributed by atoms with van der Waals surface area (Å²) in [5, 5.41) is 8.36. The van der Waals surface area contributed by atoms with Gasteiger partial charge in [-0.25, -0.2) is 10.4 Å². The Hall–Kier alpha value is -3.56. The molecule has 0 atom stereocenters. The van der Waals surface area contributed by atoms with Gasteiger partial charge in [0.15, 0.2) is 5.76 Å². The summed E-state index contributed by atoms with van der Waals surface area (Å²) in [6, 6.07) is 11.2. The number of carbonyl (C=O) groups excluding carboxylic acids is 2. The van der Waals surface area contributed by atoms with Crippen LogP contribution in [0.3, 0.4) is 0 Å². The monoisotopic (exact) mass is 489 g/mol. The molecular weight excluding hydrogens is 458 g/mol. The number of furan rings is 1. The van der Waals surface area contributed by atoms with Crippen molar-refractivity contribution >= 4 is 28.4 Å². The van der Waals surface area contributed by atoms with Crippen LogP contribution in [0.25, 0.3) is 10.9 Å². The summed E-state index contributed by atoms with van der Waals surface area (Å²) in [5.74, 6) is 0.477. The first-order valence-electron chi connectivity index (χ1n) is 12.5. The maximum Gasteiger partial charge on any atom is 0.289 e. The van der Waals surface area contributed by atoms with Gasteiger partial charge in [-0.2, -0.15) is 5.10 Å². The van der Waals surface area contributed by atoms with E-state index >= 15 is 0 Å². The van der Waals surface area contributed by atoms with Crippen LogP contribution in [0.15, 0.2) is 45.9 Å². The predicted molar refractivity (Wildman–Crippen MR) is 136 cm³/mol. The normalized spacial score (nSPS) is 17.2. The molecule has 3 aromatic rings. The molecule has 1 aliphatic carbocycles. The second kappa shape index (κ2) is 11.0. The number of nitrogens with zero attached hydrogens (tertiary/aromatic N) is 3. The van der Waals surface area contributed by atoms with Crippen molar-refractivity contribution in [3.63, 3.8) is 0 Å². The molecule has 2 N–H and O–H groups in total. The van der Waals surface area contributed by atoms with E-state index in [1.807, 2.05) is 37.3 Å².